The molecule has 0 spiro atoms. The quantitative estimate of drug-likeness (QED) is 0.786. The summed E-state index contributed by atoms with van der Waals surface area (Å²) in [6, 6.07) is 16.6. The van der Waals surface area contributed by atoms with Crippen molar-refractivity contribution in [1.29, 1.82) is 0 Å². The van der Waals surface area contributed by atoms with Gasteiger partial charge in [-0.2, -0.15) is 0 Å². The van der Waals surface area contributed by atoms with Gasteiger partial charge in [0.1, 0.15) is 18.1 Å². The number of ether oxygens (including phenoxy) is 2. The lowest BCUT2D eigenvalue weighted by Crippen LogP contribution is -2.43. The van der Waals surface area contributed by atoms with Gasteiger partial charge in [-0.1, -0.05) is 30.3 Å². The first kappa shape index (κ1) is 19.2. The van der Waals surface area contributed by atoms with Gasteiger partial charge >= 0.3 is 0 Å². The van der Waals surface area contributed by atoms with Gasteiger partial charge < -0.3 is 14.8 Å². The second-order valence-corrected chi connectivity index (χ2v) is 8.84. The molecule has 1 amide bonds. The van der Waals surface area contributed by atoms with E-state index in [9.17, 15) is 13.2 Å². The Balaban J connectivity index is 1.48. The minimum atomic E-state index is -3.03. The van der Waals surface area contributed by atoms with Crippen LogP contribution >= 0.6 is 0 Å². The number of rotatable bonds is 7. The maximum absolute atomic E-state index is 12.2. The number of nitrogens with one attached hydrogen (secondary N) is 1. The van der Waals surface area contributed by atoms with E-state index in [-0.39, 0.29) is 23.5 Å². The van der Waals surface area contributed by atoms with Crippen LogP contribution in [-0.4, -0.2) is 38.0 Å². The predicted molar refractivity (Wildman–Crippen MR) is 103 cm³/mol. The molecule has 1 N–H and O–H groups in total. The zero-order chi connectivity index (χ0) is 19.3. The number of carbonyl (C=O) groups excluding carboxylic acids is 1. The molecule has 0 saturated carbocycles. The van der Waals surface area contributed by atoms with E-state index in [0.29, 0.717) is 24.5 Å². The number of hydrogen-bond acceptors (Lipinski definition) is 5. The first-order valence-electron chi connectivity index (χ1n) is 8.85. The number of hydrogen-bond donors (Lipinski definition) is 1. The molecule has 0 aromatic heterocycles. The molecule has 1 aliphatic heterocycles. The van der Waals surface area contributed by atoms with E-state index in [1.54, 1.807) is 31.2 Å². The minimum absolute atomic E-state index is 0.00108. The third-order valence-electron chi connectivity index (χ3n) is 4.33. The second kappa shape index (κ2) is 8.43. The average Bonchev–Trinajstić information content (AvgIpc) is 3.00. The standard InChI is InChI=1S/C20H23NO5S/c1-15(20(22)21-17-11-12-27(23,24)14-17)26-19-9-7-18(8-10-19)25-13-16-5-3-2-4-6-16/h2-10,15,17H,11-14H2,1H3,(H,21,22). The number of carbonyl (C=O) groups is 1. The fraction of sp³-hybridized carbons (Fsp3) is 0.350. The molecule has 3 rings (SSSR count). The summed E-state index contributed by atoms with van der Waals surface area (Å²) in [6.07, 6.45) is -0.266. The summed E-state index contributed by atoms with van der Waals surface area (Å²) < 4.78 is 34.3. The van der Waals surface area contributed by atoms with E-state index in [0.717, 1.165) is 5.56 Å². The molecular formula is C20H23NO5S. The molecule has 1 aliphatic rings. The van der Waals surface area contributed by atoms with Gasteiger partial charge in [0.15, 0.2) is 15.9 Å². The largest absolute Gasteiger partial charge is 0.489 e. The summed E-state index contributed by atoms with van der Waals surface area (Å²) in [5.74, 6) is 1.06. The van der Waals surface area contributed by atoms with E-state index < -0.39 is 15.9 Å². The summed E-state index contributed by atoms with van der Waals surface area (Å²) in [4.78, 5) is 12.2. The van der Waals surface area contributed by atoms with E-state index in [2.05, 4.69) is 5.32 Å². The maximum Gasteiger partial charge on any atom is 0.261 e. The van der Waals surface area contributed by atoms with Crippen molar-refractivity contribution in [2.45, 2.75) is 32.1 Å². The lowest BCUT2D eigenvalue weighted by Gasteiger charge is -2.17. The Kier molecular flexibility index (Phi) is 6.01. The Morgan fingerprint density at radius 3 is 2.41 bits per heavy atom. The smallest absolute Gasteiger partial charge is 0.261 e. The Labute approximate surface area is 159 Å². The lowest BCUT2D eigenvalue weighted by atomic mass is 10.2. The van der Waals surface area contributed by atoms with Crippen molar-refractivity contribution < 1.29 is 22.7 Å². The molecule has 1 fully saturated rings. The first-order valence-corrected chi connectivity index (χ1v) is 10.7. The highest BCUT2D eigenvalue weighted by molar-refractivity contribution is 7.91. The van der Waals surface area contributed by atoms with Gasteiger partial charge in [0.25, 0.3) is 5.91 Å². The van der Waals surface area contributed by atoms with Crippen LogP contribution in [0, 0.1) is 0 Å². The number of amides is 1. The van der Waals surface area contributed by atoms with Gasteiger partial charge in [0.2, 0.25) is 0 Å². The molecule has 2 unspecified atom stereocenters. The van der Waals surface area contributed by atoms with Crippen LogP contribution in [0.1, 0.15) is 18.9 Å². The van der Waals surface area contributed by atoms with Crippen LogP contribution < -0.4 is 14.8 Å². The van der Waals surface area contributed by atoms with Crippen molar-refractivity contribution in [1.82, 2.24) is 5.32 Å². The molecule has 1 heterocycles. The third kappa shape index (κ3) is 5.72. The molecule has 0 radical (unpaired) electrons. The first-order chi connectivity index (χ1) is 12.9. The Morgan fingerprint density at radius 2 is 1.78 bits per heavy atom. The second-order valence-electron chi connectivity index (χ2n) is 6.61. The fourth-order valence-corrected chi connectivity index (χ4v) is 4.51. The van der Waals surface area contributed by atoms with Crippen LogP contribution in [0.4, 0.5) is 0 Å². The van der Waals surface area contributed by atoms with Crippen LogP contribution in [0.5, 0.6) is 11.5 Å². The molecule has 6 nitrogen and oxygen atoms in total. The number of benzene rings is 2. The maximum atomic E-state index is 12.2. The third-order valence-corrected chi connectivity index (χ3v) is 6.10. The zero-order valence-electron chi connectivity index (χ0n) is 15.1. The SMILES string of the molecule is CC(Oc1ccc(OCc2ccccc2)cc1)C(=O)NC1CCS(=O)(=O)C1. The van der Waals surface area contributed by atoms with Crippen LogP contribution in [0.15, 0.2) is 54.6 Å². The molecule has 7 heteroatoms. The van der Waals surface area contributed by atoms with Crippen molar-refractivity contribution >= 4 is 15.7 Å². The normalized spacial score (nSPS) is 19.2. The Morgan fingerprint density at radius 1 is 1.11 bits per heavy atom. The summed E-state index contributed by atoms with van der Waals surface area (Å²) in [5.41, 5.74) is 1.08. The van der Waals surface area contributed by atoms with Gasteiger partial charge in [-0.05, 0) is 43.2 Å². The van der Waals surface area contributed by atoms with Crippen molar-refractivity contribution in [2.75, 3.05) is 11.5 Å². The summed E-state index contributed by atoms with van der Waals surface area (Å²) >= 11 is 0. The monoisotopic (exact) mass is 389 g/mol. The minimum Gasteiger partial charge on any atom is -0.489 e. The molecule has 144 valence electrons. The highest BCUT2D eigenvalue weighted by Crippen LogP contribution is 2.20. The summed E-state index contributed by atoms with van der Waals surface area (Å²) in [5, 5.41) is 2.74. The molecule has 27 heavy (non-hydrogen) atoms. The van der Waals surface area contributed by atoms with Gasteiger partial charge in [0, 0.05) is 6.04 Å². The topological polar surface area (TPSA) is 81.7 Å². The molecule has 2 aromatic rings. The van der Waals surface area contributed by atoms with Crippen LogP contribution in [-0.2, 0) is 21.2 Å². The lowest BCUT2D eigenvalue weighted by molar-refractivity contribution is -0.127. The predicted octanol–water partition coefficient (Wildman–Crippen LogP) is 2.34. The van der Waals surface area contributed by atoms with Crippen LogP contribution in [0.2, 0.25) is 0 Å². The van der Waals surface area contributed by atoms with Crippen molar-refractivity contribution in [3.63, 3.8) is 0 Å². The fourth-order valence-electron chi connectivity index (χ4n) is 2.84. The molecule has 0 aliphatic carbocycles. The van der Waals surface area contributed by atoms with E-state index >= 15 is 0 Å². The van der Waals surface area contributed by atoms with Gasteiger partial charge in [-0.3, -0.25) is 4.79 Å². The molecule has 2 aromatic carbocycles. The summed E-state index contributed by atoms with van der Waals surface area (Å²) in [7, 11) is -3.03. The Hall–Kier alpha value is -2.54. The molecular weight excluding hydrogens is 366 g/mol. The van der Waals surface area contributed by atoms with Crippen LogP contribution in [0.25, 0.3) is 0 Å². The highest BCUT2D eigenvalue weighted by atomic mass is 32.2. The molecule has 2 atom stereocenters. The van der Waals surface area contributed by atoms with Crippen molar-refractivity contribution in [2.24, 2.45) is 0 Å². The highest BCUT2D eigenvalue weighted by Gasteiger charge is 2.30. The average molecular weight is 389 g/mol. The van der Waals surface area contributed by atoms with Crippen molar-refractivity contribution in [3.05, 3.63) is 60.2 Å². The van der Waals surface area contributed by atoms with E-state index in [1.807, 2.05) is 30.3 Å². The van der Waals surface area contributed by atoms with Gasteiger partial charge in [0.05, 0.1) is 11.5 Å². The van der Waals surface area contributed by atoms with E-state index in [1.165, 1.54) is 0 Å². The van der Waals surface area contributed by atoms with Crippen LogP contribution in [0.3, 0.4) is 0 Å². The Bertz CT molecular complexity index is 865. The van der Waals surface area contributed by atoms with Gasteiger partial charge in [-0.15, -0.1) is 0 Å². The zero-order valence-corrected chi connectivity index (χ0v) is 15.9. The van der Waals surface area contributed by atoms with Crippen molar-refractivity contribution in [3.8, 4) is 11.5 Å². The number of sulfone groups is 1. The summed E-state index contributed by atoms with van der Waals surface area (Å²) in [6.45, 7) is 2.11. The molecule has 1 saturated heterocycles. The van der Waals surface area contributed by atoms with Gasteiger partial charge in [-0.25, -0.2) is 8.42 Å². The molecule has 0 bridgehead atoms. The van der Waals surface area contributed by atoms with E-state index in [4.69, 9.17) is 9.47 Å².